The third-order valence-corrected chi connectivity index (χ3v) is 2.22. The molecule has 14 heavy (non-hydrogen) atoms. The Balaban J connectivity index is 3.06. The van der Waals surface area contributed by atoms with Gasteiger partial charge in [0.15, 0.2) is 0 Å². The van der Waals surface area contributed by atoms with Crippen molar-refractivity contribution in [1.29, 1.82) is 0 Å². The third-order valence-electron chi connectivity index (χ3n) is 1.83. The van der Waals surface area contributed by atoms with Gasteiger partial charge >= 0.3 is 5.97 Å². The van der Waals surface area contributed by atoms with Crippen molar-refractivity contribution in [2.24, 2.45) is 0 Å². The van der Waals surface area contributed by atoms with Gasteiger partial charge in [-0.2, -0.15) is 0 Å². The molecule has 3 nitrogen and oxygen atoms in total. The number of ether oxygens (including phenoxy) is 1. The molecule has 1 aromatic rings. The van der Waals surface area contributed by atoms with E-state index in [9.17, 15) is 9.90 Å². The van der Waals surface area contributed by atoms with Gasteiger partial charge in [0.1, 0.15) is 5.75 Å². The fraction of sp³-hybridized carbons (Fsp3) is 0.300. The van der Waals surface area contributed by atoms with E-state index >= 15 is 0 Å². The molecule has 76 valence electrons. The second-order valence-corrected chi connectivity index (χ2v) is 3.23. The standard InChI is InChI=1S/C10H11ClO3/c1-3-14-10(13)7-4-8(11)6(2)9(12)5-7/h4-5,12H,3H2,1-2H3. The van der Waals surface area contributed by atoms with E-state index in [0.717, 1.165) is 0 Å². The van der Waals surface area contributed by atoms with E-state index in [1.54, 1.807) is 13.8 Å². The number of rotatable bonds is 2. The highest BCUT2D eigenvalue weighted by Gasteiger charge is 2.11. The number of hydrogen-bond acceptors (Lipinski definition) is 3. The van der Waals surface area contributed by atoms with E-state index in [1.807, 2.05) is 0 Å². The average molecular weight is 215 g/mol. The molecule has 0 aromatic heterocycles. The third kappa shape index (κ3) is 2.17. The van der Waals surface area contributed by atoms with Crippen LogP contribution in [0.2, 0.25) is 5.02 Å². The Morgan fingerprint density at radius 2 is 2.21 bits per heavy atom. The lowest BCUT2D eigenvalue weighted by Crippen LogP contribution is -2.04. The van der Waals surface area contributed by atoms with Crippen LogP contribution in [0.3, 0.4) is 0 Å². The fourth-order valence-corrected chi connectivity index (χ4v) is 1.21. The molecule has 0 heterocycles. The van der Waals surface area contributed by atoms with E-state index in [1.165, 1.54) is 12.1 Å². The van der Waals surface area contributed by atoms with Crippen LogP contribution in [0.1, 0.15) is 22.8 Å². The van der Waals surface area contributed by atoms with Crippen LogP contribution in [0.5, 0.6) is 5.75 Å². The Kier molecular flexibility index (Phi) is 3.36. The number of phenols is 1. The minimum Gasteiger partial charge on any atom is -0.508 e. The van der Waals surface area contributed by atoms with Crippen LogP contribution in [0.15, 0.2) is 12.1 Å². The molecule has 0 saturated heterocycles. The Labute approximate surface area is 87.3 Å². The van der Waals surface area contributed by atoms with E-state index in [-0.39, 0.29) is 11.3 Å². The van der Waals surface area contributed by atoms with Crippen LogP contribution in [-0.4, -0.2) is 17.7 Å². The molecule has 0 spiro atoms. The minimum absolute atomic E-state index is 0.000512. The molecule has 0 unspecified atom stereocenters. The van der Waals surface area contributed by atoms with Crippen molar-refractivity contribution >= 4 is 17.6 Å². The molecule has 0 aliphatic heterocycles. The molecule has 1 rings (SSSR count). The first-order valence-electron chi connectivity index (χ1n) is 4.22. The predicted octanol–water partition coefficient (Wildman–Crippen LogP) is 2.53. The summed E-state index contributed by atoms with van der Waals surface area (Å²) in [5, 5.41) is 9.76. The quantitative estimate of drug-likeness (QED) is 0.770. The molecule has 1 aromatic carbocycles. The molecular formula is C10H11ClO3. The average Bonchev–Trinajstić information content (AvgIpc) is 2.13. The number of carbonyl (C=O) groups excluding carboxylic acids is 1. The van der Waals surface area contributed by atoms with Gasteiger partial charge in [0.2, 0.25) is 0 Å². The Morgan fingerprint density at radius 3 is 2.71 bits per heavy atom. The highest BCUT2D eigenvalue weighted by molar-refractivity contribution is 6.31. The van der Waals surface area contributed by atoms with Gasteiger partial charge in [-0.25, -0.2) is 4.79 Å². The summed E-state index contributed by atoms with van der Waals surface area (Å²) in [4.78, 5) is 11.3. The molecule has 4 heteroatoms. The smallest absolute Gasteiger partial charge is 0.338 e. The highest BCUT2D eigenvalue weighted by Crippen LogP contribution is 2.26. The van der Waals surface area contributed by atoms with Gasteiger partial charge in [-0.05, 0) is 26.0 Å². The topological polar surface area (TPSA) is 46.5 Å². The molecule has 0 saturated carbocycles. The number of esters is 1. The normalized spacial score (nSPS) is 9.93. The SMILES string of the molecule is CCOC(=O)c1cc(O)c(C)c(Cl)c1. The monoisotopic (exact) mass is 214 g/mol. The van der Waals surface area contributed by atoms with Crippen LogP contribution in [0, 0.1) is 6.92 Å². The minimum atomic E-state index is -0.482. The number of halogens is 1. The number of benzene rings is 1. The van der Waals surface area contributed by atoms with Crippen molar-refractivity contribution in [2.75, 3.05) is 6.61 Å². The maximum absolute atomic E-state index is 11.3. The molecule has 0 aliphatic carbocycles. The predicted molar refractivity (Wildman–Crippen MR) is 53.8 cm³/mol. The summed E-state index contributed by atoms with van der Waals surface area (Å²) < 4.78 is 4.77. The number of phenolic OH excluding ortho intramolecular Hbond substituents is 1. The lowest BCUT2D eigenvalue weighted by atomic mass is 10.1. The first-order chi connectivity index (χ1) is 6.56. The van der Waals surface area contributed by atoms with Crippen LogP contribution in [0.4, 0.5) is 0 Å². The maximum atomic E-state index is 11.3. The molecule has 0 atom stereocenters. The van der Waals surface area contributed by atoms with Crippen molar-refractivity contribution in [2.45, 2.75) is 13.8 Å². The van der Waals surface area contributed by atoms with Crippen LogP contribution in [-0.2, 0) is 4.74 Å². The number of aromatic hydroxyl groups is 1. The van der Waals surface area contributed by atoms with Crippen LogP contribution < -0.4 is 0 Å². The van der Waals surface area contributed by atoms with Crippen molar-refractivity contribution in [3.8, 4) is 5.75 Å². The first kappa shape index (κ1) is 10.9. The summed E-state index contributed by atoms with van der Waals surface area (Å²) in [6, 6.07) is 2.83. The Morgan fingerprint density at radius 1 is 1.57 bits per heavy atom. The second-order valence-electron chi connectivity index (χ2n) is 2.82. The van der Waals surface area contributed by atoms with E-state index < -0.39 is 5.97 Å². The Hall–Kier alpha value is -1.22. The summed E-state index contributed by atoms with van der Waals surface area (Å²) in [6.45, 7) is 3.69. The lowest BCUT2D eigenvalue weighted by Gasteiger charge is -2.05. The van der Waals surface area contributed by atoms with Gasteiger partial charge in [0, 0.05) is 10.6 Å². The maximum Gasteiger partial charge on any atom is 0.338 e. The van der Waals surface area contributed by atoms with Gasteiger partial charge < -0.3 is 9.84 Å². The molecule has 1 N–H and O–H groups in total. The van der Waals surface area contributed by atoms with Gasteiger partial charge in [-0.1, -0.05) is 11.6 Å². The molecule has 0 bridgehead atoms. The summed E-state index contributed by atoms with van der Waals surface area (Å²) in [5.41, 5.74) is 0.819. The summed E-state index contributed by atoms with van der Waals surface area (Å²) in [7, 11) is 0. The van der Waals surface area contributed by atoms with Crippen molar-refractivity contribution in [3.63, 3.8) is 0 Å². The zero-order valence-corrected chi connectivity index (χ0v) is 8.76. The second kappa shape index (κ2) is 4.33. The van der Waals surface area contributed by atoms with Crippen LogP contribution >= 0.6 is 11.6 Å². The largest absolute Gasteiger partial charge is 0.508 e. The van der Waals surface area contributed by atoms with E-state index in [2.05, 4.69) is 0 Å². The molecule has 0 radical (unpaired) electrons. The van der Waals surface area contributed by atoms with Crippen LogP contribution in [0.25, 0.3) is 0 Å². The summed E-state index contributed by atoms with van der Waals surface area (Å²) >= 11 is 5.80. The van der Waals surface area contributed by atoms with Crippen molar-refractivity contribution in [1.82, 2.24) is 0 Å². The van der Waals surface area contributed by atoms with Gasteiger partial charge in [-0.3, -0.25) is 0 Å². The lowest BCUT2D eigenvalue weighted by molar-refractivity contribution is 0.0526. The van der Waals surface area contributed by atoms with Gasteiger partial charge in [0.05, 0.1) is 12.2 Å². The molecule has 0 fully saturated rings. The fourth-order valence-electron chi connectivity index (χ4n) is 0.997. The molecule has 0 amide bonds. The zero-order chi connectivity index (χ0) is 10.7. The highest BCUT2D eigenvalue weighted by atomic mass is 35.5. The zero-order valence-electron chi connectivity index (χ0n) is 8.00. The molecule has 0 aliphatic rings. The summed E-state index contributed by atoms with van der Waals surface area (Å²) in [6.07, 6.45) is 0. The number of carbonyl (C=O) groups is 1. The van der Waals surface area contributed by atoms with Gasteiger partial charge in [0.25, 0.3) is 0 Å². The van der Waals surface area contributed by atoms with Crippen molar-refractivity contribution in [3.05, 3.63) is 28.3 Å². The van der Waals surface area contributed by atoms with Gasteiger partial charge in [-0.15, -0.1) is 0 Å². The molecular weight excluding hydrogens is 204 g/mol. The Bertz CT molecular complexity index is 337. The van der Waals surface area contributed by atoms with E-state index in [0.29, 0.717) is 17.2 Å². The van der Waals surface area contributed by atoms with E-state index in [4.69, 9.17) is 16.3 Å². The van der Waals surface area contributed by atoms with Crippen molar-refractivity contribution < 1.29 is 14.6 Å². The summed E-state index contributed by atoms with van der Waals surface area (Å²) in [5.74, 6) is -0.481. The first-order valence-corrected chi connectivity index (χ1v) is 4.60. The number of hydrogen-bond donors (Lipinski definition) is 1.